The van der Waals surface area contributed by atoms with Gasteiger partial charge in [0.05, 0.1) is 6.04 Å². The van der Waals surface area contributed by atoms with Crippen LogP contribution in [-0.4, -0.2) is 24.5 Å². The highest BCUT2D eigenvalue weighted by molar-refractivity contribution is 9.10. The van der Waals surface area contributed by atoms with Gasteiger partial charge < -0.3 is 5.73 Å². The number of nitrogens with two attached hydrogens (primary N) is 1. The van der Waals surface area contributed by atoms with Crippen molar-refractivity contribution in [3.05, 3.63) is 20.3 Å². The Morgan fingerprint density at radius 2 is 2.06 bits per heavy atom. The third kappa shape index (κ3) is 3.16. The molecule has 2 heterocycles. The van der Waals surface area contributed by atoms with Crippen LogP contribution in [0.1, 0.15) is 42.5 Å². The van der Waals surface area contributed by atoms with E-state index in [0.29, 0.717) is 18.0 Å². The normalized spacial score (nSPS) is 22.1. The molecule has 4 heteroatoms. The minimum Gasteiger partial charge on any atom is -0.329 e. The van der Waals surface area contributed by atoms with Crippen molar-refractivity contribution in [1.29, 1.82) is 0 Å². The topological polar surface area (TPSA) is 29.3 Å². The summed E-state index contributed by atoms with van der Waals surface area (Å²) in [5, 5.41) is 0. The largest absolute Gasteiger partial charge is 0.329 e. The van der Waals surface area contributed by atoms with Crippen LogP contribution in [0.4, 0.5) is 0 Å². The Morgan fingerprint density at radius 1 is 1.44 bits per heavy atom. The van der Waals surface area contributed by atoms with E-state index in [1.54, 1.807) is 0 Å². The van der Waals surface area contributed by atoms with Crippen LogP contribution in [0.15, 0.2) is 10.5 Å². The van der Waals surface area contributed by atoms with Crippen LogP contribution >= 0.6 is 27.3 Å². The van der Waals surface area contributed by atoms with E-state index in [9.17, 15) is 0 Å². The molecule has 0 aromatic carbocycles. The predicted molar refractivity (Wildman–Crippen MR) is 83.1 cm³/mol. The molecule has 2 rings (SSSR count). The number of hydrogen-bond donors (Lipinski definition) is 1. The Hall–Kier alpha value is 0.100. The Morgan fingerprint density at radius 3 is 2.50 bits per heavy atom. The van der Waals surface area contributed by atoms with Crippen LogP contribution in [0.3, 0.4) is 0 Å². The fourth-order valence-corrected chi connectivity index (χ4v) is 4.24. The number of likely N-dealkylation sites (tertiary alicyclic amines) is 1. The third-order valence-electron chi connectivity index (χ3n) is 4.02. The fraction of sp³-hybridized carbons (Fsp3) is 0.714. The lowest BCUT2D eigenvalue weighted by Gasteiger charge is -2.40. The Labute approximate surface area is 123 Å². The predicted octanol–water partition coefficient (Wildman–Crippen LogP) is 3.94. The molecule has 1 atom stereocenters. The van der Waals surface area contributed by atoms with Crippen LogP contribution in [0.2, 0.25) is 0 Å². The first-order chi connectivity index (χ1) is 8.43. The van der Waals surface area contributed by atoms with Crippen LogP contribution in [0.5, 0.6) is 0 Å². The van der Waals surface area contributed by atoms with Crippen molar-refractivity contribution in [1.82, 2.24) is 4.90 Å². The van der Waals surface area contributed by atoms with Gasteiger partial charge in [-0.05, 0) is 60.3 Å². The standard InChI is InChI=1S/C14H23BrN2S/c1-10-11(15)8-13(18-10)12(9-16)17-6-4-14(2,3)5-7-17/h8,12H,4-7,9,16H2,1-3H3. The molecular formula is C14H23BrN2S. The second-order valence-corrected chi connectivity index (χ2v) is 8.15. The molecule has 0 aliphatic carbocycles. The molecule has 1 aliphatic rings. The second-order valence-electron chi connectivity index (χ2n) is 6.00. The molecule has 18 heavy (non-hydrogen) atoms. The number of rotatable bonds is 3. The van der Waals surface area contributed by atoms with Crippen molar-refractivity contribution in [3.8, 4) is 0 Å². The van der Waals surface area contributed by atoms with Crippen LogP contribution < -0.4 is 5.73 Å². The molecule has 1 aromatic heterocycles. The van der Waals surface area contributed by atoms with E-state index in [-0.39, 0.29) is 0 Å². The molecule has 1 unspecified atom stereocenters. The zero-order valence-electron chi connectivity index (χ0n) is 11.5. The quantitative estimate of drug-likeness (QED) is 0.909. The SMILES string of the molecule is Cc1sc(C(CN)N2CCC(C)(C)CC2)cc1Br. The van der Waals surface area contributed by atoms with E-state index in [1.165, 1.54) is 40.2 Å². The Bertz CT molecular complexity index is 384. The Balaban J connectivity index is 2.10. The van der Waals surface area contributed by atoms with E-state index in [2.05, 4.69) is 47.7 Å². The molecule has 0 bridgehead atoms. The molecule has 1 saturated heterocycles. The van der Waals surface area contributed by atoms with Gasteiger partial charge in [-0.15, -0.1) is 11.3 Å². The van der Waals surface area contributed by atoms with Crippen molar-refractivity contribution >= 4 is 27.3 Å². The summed E-state index contributed by atoms with van der Waals surface area (Å²) in [6.07, 6.45) is 2.55. The van der Waals surface area contributed by atoms with E-state index >= 15 is 0 Å². The van der Waals surface area contributed by atoms with E-state index in [0.717, 1.165) is 0 Å². The molecule has 102 valence electrons. The maximum Gasteiger partial charge on any atom is 0.0564 e. The zero-order valence-corrected chi connectivity index (χ0v) is 13.9. The van der Waals surface area contributed by atoms with Gasteiger partial charge in [-0.25, -0.2) is 0 Å². The summed E-state index contributed by atoms with van der Waals surface area (Å²) < 4.78 is 1.22. The van der Waals surface area contributed by atoms with Gasteiger partial charge in [-0.2, -0.15) is 0 Å². The van der Waals surface area contributed by atoms with E-state index in [1.807, 2.05) is 11.3 Å². The lowest BCUT2D eigenvalue weighted by Crippen LogP contribution is -2.41. The van der Waals surface area contributed by atoms with Crippen molar-refractivity contribution < 1.29 is 0 Å². The van der Waals surface area contributed by atoms with Crippen LogP contribution in [0.25, 0.3) is 0 Å². The molecule has 1 aliphatic heterocycles. The Kier molecular flexibility index (Phi) is 4.52. The summed E-state index contributed by atoms with van der Waals surface area (Å²) in [6, 6.07) is 2.65. The van der Waals surface area contributed by atoms with E-state index < -0.39 is 0 Å². The van der Waals surface area contributed by atoms with Crippen molar-refractivity contribution in [3.63, 3.8) is 0 Å². The number of halogens is 1. The first kappa shape index (κ1) is 14.5. The number of aryl methyl sites for hydroxylation is 1. The van der Waals surface area contributed by atoms with Gasteiger partial charge in [0.2, 0.25) is 0 Å². The molecule has 2 nitrogen and oxygen atoms in total. The van der Waals surface area contributed by atoms with Gasteiger partial charge in [0, 0.05) is 20.8 Å². The average molecular weight is 331 g/mol. The molecular weight excluding hydrogens is 308 g/mol. The second kappa shape index (κ2) is 5.61. The zero-order chi connectivity index (χ0) is 13.3. The molecule has 0 saturated carbocycles. The maximum absolute atomic E-state index is 6.01. The number of nitrogens with zero attached hydrogens (tertiary/aromatic N) is 1. The van der Waals surface area contributed by atoms with Crippen molar-refractivity contribution in [2.75, 3.05) is 19.6 Å². The van der Waals surface area contributed by atoms with Gasteiger partial charge in [0.25, 0.3) is 0 Å². The van der Waals surface area contributed by atoms with Gasteiger partial charge in [-0.3, -0.25) is 4.90 Å². The van der Waals surface area contributed by atoms with Gasteiger partial charge >= 0.3 is 0 Å². The summed E-state index contributed by atoms with van der Waals surface area (Å²) >= 11 is 5.48. The summed E-state index contributed by atoms with van der Waals surface area (Å²) in [4.78, 5) is 5.31. The third-order valence-corrected chi connectivity index (χ3v) is 6.26. The van der Waals surface area contributed by atoms with Crippen LogP contribution in [0, 0.1) is 12.3 Å². The number of hydrogen-bond acceptors (Lipinski definition) is 3. The number of piperidine rings is 1. The highest BCUT2D eigenvalue weighted by atomic mass is 79.9. The lowest BCUT2D eigenvalue weighted by molar-refractivity contribution is 0.0977. The minimum absolute atomic E-state index is 0.399. The van der Waals surface area contributed by atoms with Gasteiger partial charge in [0.1, 0.15) is 0 Å². The first-order valence-electron chi connectivity index (χ1n) is 6.63. The van der Waals surface area contributed by atoms with Gasteiger partial charge in [-0.1, -0.05) is 13.8 Å². The smallest absolute Gasteiger partial charge is 0.0564 e. The molecule has 1 aromatic rings. The molecule has 1 fully saturated rings. The molecule has 2 N–H and O–H groups in total. The minimum atomic E-state index is 0.399. The number of thiophene rings is 1. The molecule has 0 radical (unpaired) electrons. The van der Waals surface area contributed by atoms with Crippen LogP contribution in [-0.2, 0) is 0 Å². The monoisotopic (exact) mass is 330 g/mol. The summed E-state index contributed by atoms with van der Waals surface area (Å²) in [5.41, 5.74) is 6.51. The summed E-state index contributed by atoms with van der Waals surface area (Å²) in [7, 11) is 0. The lowest BCUT2D eigenvalue weighted by atomic mass is 9.82. The summed E-state index contributed by atoms with van der Waals surface area (Å²) in [5.74, 6) is 0. The first-order valence-corrected chi connectivity index (χ1v) is 8.24. The van der Waals surface area contributed by atoms with Crippen molar-refractivity contribution in [2.45, 2.75) is 39.7 Å². The van der Waals surface area contributed by atoms with Gasteiger partial charge in [0.15, 0.2) is 0 Å². The highest BCUT2D eigenvalue weighted by Crippen LogP contribution is 2.37. The van der Waals surface area contributed by atoms with Crippen molar-refractivity contribution in [2.24, 2.45) is 11.1 Å². The highest BCUT2D eigenvalue weighted by Gasteiger charge is 2.30. The fourth-order valence-electron chi connectivity index (χ4n) is 2.53. The maximum atomic E-state index is 6.01. The molecule has 0 amide bonds. The summed E-state index contributed by atoms with van der Waals surface area (Å²) in [6.45, 7) is 9.95. The molecule has 0 spiro atoms. The average Bonchev–Trinajstić information content (AvgIpc) is 2.62. The van der Waals surface area contributed by atoms with E-state index in [4.69, 9.17) is 5.73 Å².